The van der Waals surface area contributed by atoms with Gasteiger partial charge in [-0.25, -0.2) is 0 Å². The predicted octanol–water partition coefficient (Wildman–Crippen LogP) is 1.80. The summed E-state index contributed by atoms with van der Waals surface area (Å²) < 4.78 is 5.24. The van der Waals surface area contributed by atoms with Gasteiger partial charge in [-0.05, 0) is 38.1 Å². The minimum atomic E-state index is 0.644. The molecule has 2 nitrogen and oxygen atoms in total. The molecule has 0 aromatic rings. The molecule has 0 heterocycles. The SMILES string of the molecule is CCOCCCNCC1(C)CC1. The summed E-state index contributed by atoms with van der Waals surface area (Å²) in [5, 5.41) is 3.47. The first-order valence-electron chi connectivity index (χ1n) is 5.05. The van der Waals surface area contributed by atoms with Crippen LogP contribution < -0.4 is 5.32 Å². The van der Waals surface area contributed by atoms with Crippen molar-refractivity contribution in [2.75, 3.05) is 26.3 Å². The van der Waals surface area contributed by atoms with Crippen molar-refractivity contribution in [1.82, 2.24) is 5.32 Å². The van der Waals surface area contributed by atoms with Crippen molar-refractivity contribution in [3.63, 3.8) is 0 Å². The van der Waals surface area contributed by atoms with Gasteiger partial charge >= 0.3 is 0 Å². The smallest absolute Gasteiger partial charge is 0.0477 e. The number of rotatable bonds is 7. The van der Waals surface area contributed by atoms with E-state index in [2.05, 4.69) is 12.2 Å². The fourth-order valence-corrected chi connectivity index (χ4v) is 1.22. The van der Waals surface area contributed by atoms with Crippen LogP contribution in [0.2, 0.25) is 0 Å². The van der Waals surface area contributed by atoms with Gasteiger partial charge in [0.25, 0.3) is 0 Å². The monoisotopic (exact) mass is 171 g/mol. The van der Waals surface area contributed by atoms with E-state index in [1.165, 1.54) is 19.4 Å². The van der Waals surface area contributed by atoms with Crippen LogP contribution >= 0.6 is 0 Å². The van der Waals surface area contributed by atoms with Crippen molar-refractivity contribution >= 4 is 0 Å². The first kappa shape index (κ1) is 10.0. The van der Waals surface area contributed by atoms with Crippen LogP contribution in [-0.4, -0.2) is 26.3 Å². The van der Waals surface area contributed by atoms with Crippen molar-refractivity contribution in [1.29, 1.82) is 0 Å². The molecule has 1 N–H and O–H groups in total. The fourth-order valence-electron chi connectivity index (χ4n) is 1.22. The summed E-state index contributed by atoms with van der Waals surface area (Å²) in [6.07, 6.45) is 3.96. The Morgan fingerprint density at radius 2 is 2.17 bits per heavy atom. The molecule has 1 saturated carbocycles. The normalized spacial score (nSPS) is 19.5. The van der Waals surface area contributed by atoms with E-state index < -0.39 is 0 Å². The van der Waals surface area contributed by atoms with E-state index >= 15 is 0 Å². The Hall–Kier alpha value is -0.0800. The lowest BCUT2D eigenvalue weighted by Gasteiger charge is -2.09. The summed E-state index contributed by atoms with van der Waals surface area (Å²) in [5.74, 6) is 0. The lowest BCUT2D eigenvalue weighted by atomic mass is 10.1. The molecule has 0 aromatic carbocycles. The third-order valence-electron chi connectivity index (χ3n) is 2.50. The molecule has 0 atom stereocenters. The Balaban J connectivity index is 1.77. The molecule has 0 spiro atoms. The topological polar surface area (TPSA) is 21.3 Å². The van der Waals surface area contributed by atoms with Crippen LogP contribution in [0, 0.1) is 5.41 Å². The van der Waals surface area contributed by atoms with Gasteiger partial charge in [0.05, 0.1) is 0 Å². The highest BCUT2D eigenvalue weighted by atomic mass is 16.5. The van der Waals surface area contributed by atoms with Crippen LogP contribution in [-0.2, 0) is 4.74 Å². The minimum absolute atomic E-state index is 0.644. The number of ether oxygens (including phenoxy) is 1. The maximum atomic E-state index is 5.24. The van der Waals surface area contributed by atoms with Gasteiger partial charge in [0, 0.05) is 19.8 Å². The van der Waals surface area contributed by atoms with E-state index in [9.17, 15) is 0 Å². The molecule has 1 fully saturated rings. The summed E-state index contributed by atoms with van der Waals surface area (Å²) >= 11 is 0. The molecule has 1 aliphatic rings. The Morgan fingerprint density at radius 3 is 2.75 bits per heavy atom. The van der Waals surface area contributed by atoms with Gasteiger partial charge in [0.1, 0.15) is 0 Å². The molecular weight excluding hydrogens is 150 g/mol. The zero-order valence-corrected chi connectivity index (χ0v) is 8.36. The van der Waals surface area contributed by atoms with E-state index in [-0.39, 0.29) is 0 Å². The Kier molecular flexibility index (Phi) is 4.02. The maximum absolute atomic E-state index is 5.24. The summed E-state index contributed by atoms with van der Waals surface area (Å²) in [4.78, 5) is 0. The van der Waals surface area contributed by atoms with Crippen LogP contribution in [0.5, 0.6) is 0 Å². The van der Waals surface area contributed by atoms with E-state index in [1.807, 2.05) is 6.92 Å². The van der Waals surface area contributed by atoms with Crippen LogP contribution in [0.4, 0.5) is 0 Å². The van der Waals surface area contributed by atoms with Crippen LogP contribution in [0.15, 0.2) is 0 Å². The average Bonchev–Trinajstić information content (AvgIpc) is 2.77. The molecule has 0 saturated heterocycles. The van der Waals surface area contributed by atoms with Gasteiger partial charge in [0.2, 0.25) is 0 Å². The molecule has 1 rings (SSSR count). The maximum Gasteiger partial charge on any atom is 0.0477 e. The highest BCUT2D eigenvalue weighted by Crippen LogP contribution is 2.43. The molecule has 12 heavy (non-hydrogen) atoms. The van der Waals surface area contributed by atoms with Gasteiger partial charge in [-0.1, -0.05) is 6.92 Å². The van der Waals surface area contributed by atoms with E-state index in [0.29, 0.717) is 5.41 Å². The zero-order valence-electron chi connectivity index (χ0n) is 8.36. The molecule has 0 amide bonds. The standard InChI is InChI=1S/C10H21NO/c1-3-12-8-4-7-11-9-10(2)5-6-10/h11H,3-9H2,1-2H3. The number of hydrogen-bond donors (Lipinski definition) is 1. The van der Waals surface area contributed by atoms with E-state index in [0.717, 1.165) is 26.2 Å². The van der Waals surface area contributed by atoms with Gasteiger partial charge in [-0.3, -0.25) is 0 Å². The molecule has 72 valence electrons. The molecular formula is C10H21NO. The highest BCUT2D eigenvalue weighted by molar-refractivity contribution is 4.90. The molecule has 2 heteroatoms. The van der Waals surface area contributed by atoms with E-state index in [4.69, 9.17) is 4.74 Å². The second kappa shape index (κ2) is 4.83. The Labute approximate surface area is 75.7 Å². The van der Waals surface area contributed by atoms with Crippen molar-refractivity contribution in [3.05, 3.63) is 0 Å². The number of nitrogens with one attached hydrogen (secondary N) is 1. The molecule has 0 unspecified atom stereocenters. The highest BCUT2D eigenvalue weighted by Gasteiger charge is 2.36. The van der Waals surface area contributed by atoms with Gasteiger partial charge in [-0.2, -0.15) is 0 Å². The second-order valence-electron chi connectivity index (χ2n) is 4.04. The quantitative estimate of drug-likeness (QED) is 0.590. The predicted molar refractivity (Wildman–Crippen MR) is 51.3 cm³/mol. The molecule has 0 radical (unpaired) electrons. The van der Waals surface area contributed by atoms with Gasteiger partial charge in [-0.15, -0.1) is 0 Å². The van der Waals surface area contributed by atoms with Crippen molar-refractivity contribution in [3.8, 4) is 0 Å². The minimum Gasteiger partial charge on any atom is -0.382 e. The largest absolute Gasteiger partial charge is 0.382 e. The second-order valence-corrected chi connectivity index (χ2v) is 4.04. The Bertz CT molecular complexity index is 121. The van der Waals surface area contributed by atoms with Crippen molar-refractivity contribution < 1.29 is 4.74 Å². The summed E-state index contributed by atoms with van der Waals surface area (Å²) in [6.45, 7) is 8.44. The average molecular weight is 171 g/mol. The lowest BCUT2D eigenvalue weighted by Crippen LogP contribution is -2.23. The fraction of sp³-hybridized carbons (Fsp3) is 1.00. The Morgan fingerprint density at radius 1 is 1.42 bits per heavy atom. The molecule has 0 aliphatic heterocycles. The third kappa shape index (κ3) is 4.07. The van der Waals surface area contributed by atoms with Gasteiger partial charge in [0.15, 0.2) is 0 Å². The van der Waals surface area contributed by atoms with Crippen LogP contribution in [0.3, 0.4) is 0 Å². The molecule has 0 bridgehead atoms. The first-order chi connectivity index (χ1) is 5.77. The summed E-state index contributed by atoms with van der Waals surface area (Å²) in [5.41, 5.74) is 0.644. The van der Waals surface area contributed by atoms with Gasteiger partial charge < -0.3 is 10.1 Å². The molecule has 1 aliphatic carbocycles. The molecule has 0 aromatic heterocycles. The lowest BCUT2D eigenvalue weighted by molar-refractivity contribution is 0.144. The summed E-state index contributed by atoms with van der Waals surface area (Å²) in [7, 11) is 0. The third-order valence-corrected chi connectivity index (χ3v) is 2.50. The van der Waals surface area contributed by atoms with Crippen LogP contribution in [0.1, 0.15) is 33.1 Å². The number of hydrogen-bond acceptors (Lipinski definition) is 2. The first-order valence-corrected chi connectivity index (χ1v) is 5.05. The van der Waals surface area contributed by atoms with Crippen molar-refractivity contribution in [2.24, 2.45) is 5.41 Å². The van der Waals surface area contributed by atoms with Crippen molar-refractivity contribution in [2.45, 2.75) is 33.1 Å². The zero-order chi connectivity index (χ0) is 8.86. The van der Waals surface area contributed by atoms with E-state index in [1.54, 1.807) is 0 Å². The summed E-state index contributed by atoms with van der Waals surface area (Å²) in [6, 6.07) is 0. The van der Waals surface area contributed by atoms with Crippen LogP contribution in [0.25, 0.3) is 0 Å².